The van der Waals surface area contributed by atoms with Gasteiger partial charge in [0, 0.05) is 6.04 Å². The summed E-state index contributed by atoms with van der Waals surface area (Å²) in [5.41, 5.74) is 0. The van der Waals surface area contributed by atoms with Crippen LogP contribution in [0.1, 0.15) is 6.92 Å². The Bertz CT molecular complexity index is 282. The molecule has 5 atom stereocenters. The van der Waals surface area contributed by atoms with E-state index in [2.05, 4.69) is 9.84 Å². The van der Waals surface area contributed by atoms with Crippen molar-refractivity contribution in [2.24, 2.45) is 0 Å². The van der Waals surface area contributed by atoms with E-state index in [1.165, 1.54) is 0 Å². The monoisotopic (exact) mass is 257 g/mol. The number of hydrogen-bond acceptors (Lipinski definition) is 6. The molecule has 1 rings (SSSR count). The molecule has 16 heavy (non-hydrogen) atoms. The van der Waals surface area contributed by atoms with Gasteiger partial charge >= 0.3 is 7.82 Å². The van der Waals surface area contributed by atoms with Crippen LogP contribution in [0.15, 0.2) is 0 Å². The van der Waals surface area contributed by atoms with Crippen LogP contribution < -0.4 is 5.32 Å². The summed E-state index contributed by atoms with van der Waals surface area (Å²) in [5.74, 6) is 0. The molecule has 0 bridgehead atoms. The van der Waals surface area contributed by atoms with Crippen molar-refractivity contribution in [3.05, 3.63) is 0 Å². The van der Waals surface area contributed by atoms with Crippen LogP contribution in [0.3, 0.4) is 0 Å². The third-order valence-corrected chi connectivity index (χ3v) is 3.01. The van der Waals surface area contributed by atoms with Crippen LogP contribution in [0.2, 0.25) is 0 Å². The molecular weight excluding hydrogens is 241 g/mol. The van der Waals surface area contributed by atoms with Gasteiger partial charge in [0.2, 0.25) is 0 Å². The van der Waals surface area contributed by atoms with Crippen LogP contribution in [0.25, 0.3) is 0 Å². The number of aliphatic hydroxyl groups is 3. The van der Waals surface area contributed by atoms with Crippen LogP contribution in [0, 0.1) is 0 Å². The smallest absolute Gasteiger partial charge is 0.389 e. The Balaban J connectivity index is 2.57. The van der Waals surface area contributed by atoms with Crippen LogP contribution in [0.4, 0.5) is 0 Å². The largest absolute Gasteiger partial charge is 0.469 e. The summed E-state index contributed by atoms with van der Waals surface area (Å²) in [7, 11) is -4.61. The average molecular weight is 257 g/mol. The first-order chi connectivity index (χ1) is 7.22. The van der Waals surface area contributed by atoms with Gasteiger partial charge in [0.15, 0.2) is 0 Å². The molecule has 0 amide bonds. The fraction of sp³-hybridized carbons (Fsp3) is 1.00. The third kappa shape index (κ3) is 3.47. The molecule has 0 aromatic carbocycles. The Kier molecular flexibility index (Phi) is 4.44. The minimum Gasteiger partial charge on any atom is -0.389 e. The van der Waals surface area contributed by atoms with E-state index >= 15 is 0 Å². The normalized spacial score (nSPS) is 41.0. The number of hydrogen-bond donors (Lipinski definition) is 6. The molecule has 1 aliphatic rings. The minimum absolute atomic E-state index is 0.459. The van der Waals surface area contributed by atoms with Crippen molar-refractivity contribution in [2.45, 2.75) is 37.3 Å². The molecule has 1 heterocycles. The first kappa shape index (κ1) is 14.0. The fourth-order valence-corrected chi connectivity index (χ4v) is 1.95. The highest BCUT2D eigenvalue weighted by molar-refractivity contribution is 7.46. The van der Waals surface area contributed by atoms with Gasteiger partial charge in [-0.2, -0.15) is 0 Å². The molecule has 6 N–H and O–H groups in total. The average Bonchev–Trinajstić information content (AvgIpc) is 2.17. The molecule has 0 spiro atoms. The summed E-state index contributed by atoms with van der Waals surface area (Å²) in [4.78, 5) is 17.0. The van der Waals surface area contributed by atoms with E-state index in [0.29, 0.717) is 0 Å². The maximum atomic E-state index is 10.5. The number of phosphoric acid groups is 1. The molecule has 0 aromatic rings. The van der Waals surface area contributed by atoms with Crippen LogP contribution in [0.5, 0.6) is 0 Å². The lowest BCUT2D eigenvalue weighted by atomic mass is 9.91. The van der Waals surface area contributed by atoms with Gasteiger partial charge in [-0.25, -0.2) is 4.57 Å². The third-order valence-electron chi connectivity index (χ3n) is 2.52. The number of aliphatic hydroxyl groups excluding tert-OH is 3. The molecule has 1 fully saturated rings. The number of piperidine rings is 1. The van der Waals surface area contributed by atoms with Crippen molar-refractivity contribution in [3.63, 3.8) is 0 Å². The summed E-state index contributed by atoms with van der Waals surface area (Å²) >= 11 is 0. The van der Waals surface area contributed by atoms with E-state index in [1.807, 2.05) is 0 Å². The van der Waals surface area contributed by atoms with Crippen LogP contribution >= 0.6 is 7.82 Å². The lowest BCUT2D eigenvalue weighted by molar-refractivity contribution is -0.116. The summed E-state index contributed by atoms with van der Waals surface area (Å²) < 4.78 is 14.7. The highest BCUT2D eigenvalue weighted by Crippen LogP contribution is 2.36. The van der Waals surface area contributed by atoms with Gasteiger partial charge < -0.3 is 30.4 Å². The summed E-state index contributed by atoms with van der Waals surface area (Å²) in [6.45, 7) is 1.11. The summed E-state index contributed by atoms with van der Waals surface area (Å²) in [6.07, 6.45) is -3.86. The highest BCUT2D eigenvalue weighted by Gasteiger charge is 2.41. The maximum absolute atomic E-state index is 10.5. The molecule has 0 aliphatic carbocycles. The zero-order valence-corrected chi connectivity index (χ0v) is 9.49. The van der Waals surface area contributed by atoms with Gasteiger partial charge in [-0.1, -0.05) is 0 Å². The van der Waals surface area contributed by atoms with Gasteiger partial charge in [-0.05, 0) is 6.92 Å². The molecule has 9 heteroatoms. The van der Waals surface area contributed by atoms with Gasteiger partial charge in [-0.15, -0.1) is 0 Å². The summed E-state index contributed by atoms with van der Waals surface area (Å²) in [5, 5.41) is 31.0. The van der Waals surface area contributed by atoms with E-state index in [1.54, 1.807) is 6.92 Å². The second kappa shape index (κ2) is 5.07. The second-order valence-electron chi connectivity index (χ2n) is 3.82. The number of phosphoric ester groups is 1. The van der Waals surface area contributed by atoms with E-state index < -0.39 is 44.8 Å². The summed E-state index contributed by atoms with van der Waals surface area (Å²) in [6, 6.07) is -1.36. The van der Waals surface area contributed by atoms with Crippen molar-refractivity contribution in [1.82, 2.24) is 5.32 Å². The van der Waals surface area contributed by atoms with Gasteiger partial charge in [0.05, 0.1) is 18.8 Å². The topological polar surface area (TPSA) is 139 Å². The molecular formula is C7H16NO7P. The Morgan fingerprint density at radius 2 is 1.75 bits per heavy atom. The van der Waals surface area contributed by atoms with Gasteiger partial charge in [0.25, 0.3) is 0 Å². The standard InChI is InChI=1S/C7H16NO7P/c1-3-5(9)7(11)6(10)4(8-3)2-15-16(12,13)14/h3-11H,2H2,1H3,(H2,12,13,14)/t3-,4+,5+,6+,7+/m1/s1. The molecule has 1 aliphatic heterocycles. The maximum Gasteiger partial charge on any atom is 0.469 e. The van der Waals surface area contributed by atoms with E-state index in [-0.39, 0.29) is 0 Å². The molecule has 0 unspecified atom stereocenters. The Morgan fingerprint density at radius 3 is 2.25 bits per heavy atom. The van der Waals surface area contributed by atoms with E-state index in [4.69, 9.17) is 9.79 Å². The van der Waals surface area contributed by atoms with Gasteiger partial charge in [0.1, 0.15) is 12.2 Å². The number of nitrogens with one attached hydrogen (secondary N) is 1. The number of rotatable bonds is 3. The molecule has 96 valence electrons. The second-order valence-corrected chi connectivity index (χ2v) is 5.06. The molecule has 0 aromatic heterocycles. The van der Waals surface area contributed by atoms with E-state index in [0.717, 1.165) is 0 Å². The highest BCUT2D eigenvalue weighted by atomic mass is 31.2. The van der Waals surface area contributed by atoms with Gasteiger partial charge in [-0.3, -0.25) is 4.52 Å². The molecule has 0 radical (unpaired) electrons. The Morgan fingerprint density at radius 1 is 1.19 bits per heavy atom. The van der Waals surface area contributed by atoms with Crippen LogP contribution in [-0.2, 0) is 9.09 Å². The Hall–Kier alpha value is -0.0500. The lowest BCUT2D eigenvalue weighted by Gasteiger charge is -2.40. The molecule has 0 saturated carbocycles. The fourth-order valence-electron chi connectivity index (χ4n) is 1.59. The SMILES string of the molecule is C[C@H]1N[C@@H](COP(=O)(O)O)[C@H](O)[C@@H](O)[C@H]1O. The quantitative estimate of drug-likeness (QED) is 0.306. The molecule has 8 nitrogen and oxygen atoms in total. The predicted molar refractivity (Wildman–Crippen MR) is 52.4 cm³/mol. The first-order valence-electron chi connectivity index (χ1n) is 4.72. The zero-order valence-electron chi connectivity index (χ0n) is 8.59. The van der Waals surface area contributed by atoms with Crippen molar-refractivity contribution in [3.8, 4) is 0 Å². The predicted octanol–water partition coefficient (Wildman–Crippen LogP) is -2.46. The molecule has 1 saturated heterocycles. The first-order valence-corrected chi connectivity index (χ1v) is 6.25. The van der Waals surface area contributed by atoms with E-state index in [9.17, 15) is 19.9 Å². The zero-order chi connectivity index (χ0) is 12.5. The van der Waals surface area contributed by atoms with Crippen molar-refractivity contribution in [2.75, 3.05) is 6.61 Å². The minimum atomic E-state index is -4.61. The van der Waals surface area contributed by atoms with Crippen molar-refractivity contribution < 1.29 is 34.2 Å². The van der Waals surface area contributed by atoms with Crippen molar-refractivity contribution >= 4 is 7.82 Å². The lowest BCUT2D eigenvalue weighted by Crippen LogP contribution is -2.65. The van der Waals surface area contributed by atoms with Crippen molar-refractivity contribution in [1.29, 1.82) is 0 Å². The van der Waals surface area contributed by atoms with Crippen LogP contribution in [-0.4, -0.2) is 62.1 Å². The Labute approximate surface area is 92.1 Å².